The molecule has 1 aromatic carbocycles. The van der Waals surface area contributed by atoms with Gasteiger partial charge in [-0.2, -0.15) is 0 Å². The highest BCUT2D eigenvalue weighted by Crippen LogP contribution is 2.34. The number of nitrogens with zero attached hydrogens (tertiary/aromatic N) is 2. The molecule has 2 nitrogen and oxygen atoms in total. The standard InChI is InChI=1S/C16H16BrClN2S/c17-12-6-3-7-13(8-12)21-10-16-19-14(9-15(18)20-16)11-4-1-2-5-11/h3,6-9,11H,1-2,4-5,10H2. The predicted molar refractivity (Wildman–Crippen MR) is 92.0 cm³/mol. The molecule has 0 amide bonds. The molecule has 0 N–H and O–H groups in total. The molecule has 0 saturated heterocycles. The van der Waals surface area contributed by atoms with Crippen LogP contribution in [0.3, 0.4) is 0 Å². The third-order valence-electron chi connectivity index (χ3n) is 3.70. The molecule has 0 aliphatic heterocycles. The van der Waals surface area contributed by atoms with Gasteiger partial charge in [-0.3, -0.25) is 0 Å². The summed E-state index contributed by atoms with van der Waals surface area (Å²) in [4.78, 5) is 10.3. The first-order valence-electron chi connectivity index (χ1n) is 7.12. The van der Waals surface area contributed by atoms with E-state index in [1.807, 2.05) is 18.2 Å². The van der Waals surface area contributed by atoms with Crippen LogP contribution < -0.4 is 0 Å². The number of rotatable bonds is 4. The van der Waals surface area contributed by atoms with Gasteiger partial charge in [0.1, 0.15) is 11.0 Å². The molecule has 1 aliphatic carbocycles. The molecule has 0 unspecified atom stereocenters. The maximum Gasteiger partial charge on any atom is 0.140 e. The van der Waals surface area contributed by atoms with Crippen LogP contribution in [-0.2, 0) is 5.75 Å². The average molecular weight is 384 g/mol. The van der Waals surface area contributed by atoms with Crippen molar-refractivity contribution in [3.63, 3.8) is 0 Å². The zero-order valence-electron chi connectivity index (χ0n) is 11.6. The van der Waals surface area contributed by atoms with Crippen LogP contribution in [0.2, 0.25) is 5.15 Å². The Kier molecular flexibility index (Phi) is 5.19. The molecule has 1 aliphatic rings. The Hall–Kier alpha value is -0.580. The third kappa shape index (κ3) is 4.21. The van der Waals surface area contributed by atoms with Crippen LogP contribution in [0, 0.1) is 0 Å². The molecule has 1 aromatic heterocycles. The summed E-state index contributed by atoms with van der Waals surface area (Å²) in [5.41, 5.74) is 1.12. The minimum absolute atomic E-state index is 0.566. The van der Waals surface area contributed by atoms with Gasteiger partial charge in [0, 0.05) is 21.0 Å². The molecular weight excluding hydrogens is 368 g/mol. The number of benzene rings is 1. The summed E-state index contributed by atoms with van der Waals surface area (Å²) in [7, 11) is 0. The fourth-order valence-corrected chi connectivity index (χ4v) is 4.25. The Bertz CT molecular complexity index is 629. The van der Waals surface area contributed by atoms with Crippen molar-refractivity contribution in [1.82, 2.24) is 9.97 Å². The van der Waals surface area contributed by atoms with E-state index in [0.717, 1.165) is 21.7 Å². The second-order valence-electron chi connectivity index (χ2n) is 5.26. The van der Waals surface area contributed by atoms with Crippen molar-refractivity contribution in [2.45, 2.75) is 42.2 Å². The lowest BCUT2D eigenvalue weighted by Crippen LogP contribution is -2.02. The minimum Gasteiger partial charge on any atom is -0.237 e. The Balaban J connectivity index is 1.72. The Labute approximate surface area is 142 Å². The highest BCUT2D eigenvalue weighted by atomic mass is 79.9. The first-order valence-corrected chi connectivity index (χ1v) is 9.28. The van der Waals surface area contributed by atoms with Gasteiger partial charge in [-0.1, -0.05) is 46.4 Å². The smallest absolute Gasteiger partial charge is 0.140 e. The van der Waals surface area contributed by atoms with Crippen LogP contribution in [-0.4, -0.2) is 9.97 Å². The van der Waals surface area contributed by atoms with Gasteiger partial charge in [-0.15, -0.1) is 11.8 Å². The maximum absolute atomic E-state index is 6.17. The van der Waals surface area contributed by atoms with Gasteiger partial charge in [0.05, 0.1) is 5.75 Å². The number of halogens is 2. The molecule has 0 bridgehead atoms. The number of aromatic nitrogens is 2. The molecule has 110 valence electrons. The monoisotopic (exact) mass is 382 g/mol. The molecule has 1 heterocycles. The maximum atomic E-state index is 6.17. The van der Waals surface area contributed by atoms with Gasteiger partial charge in [0.2, 0.25) is 0 Å². The van der Waals surface area contributed by atoms with E-state index in [-0.39, 0.29) is 0 Å². The Morgan fingerprint density at radius 1 is 1.19 bits per heavy atom. The summed E-state index contributed by atoms with van der Waals surface area (Å²) in [6, 6.07) is 10.2. The number of hydrogen-bond acceptors (Lipinski definition) is 3. The number of thioether (sulfide) groups is 1. The van der Waals surface area contributed by atoms with Gasteiger partial charge in [-0.25, -0.2) is 9.97 Å². The number of hydrogen-bond donors (Lipinski definition) is 0. The van der Waals surface area contributed by atoms with Gasteiger partial charge < -0.3 is 0 Å². The first-order chi connectivity index (χ1) is 10.2. The highest BCUT2D eigenvalue weighted by molar-refractivity contribution is 9.10. The van der Waals surface area contributed by atoms with Crippen molar-refractivity contribution in [1.29, 1.82) is 0 Å². The first kappa shape index (κ1) is 15.3. The normalized spacial score (nSPS) is 15.5. The van der Waals surface area contributed by atoms with Crippen LogP contribution in [0.1, 0.15) is 43.1 Å². The Morgan fingerprint density at radius 2 is 2.00 bits per heavy atom. The highest BCUT2D eigenvalue weighted by Gasteiger charge is 2.19. The van der Waals surface area contributed by atoms with Crippen molar-refractivity contribution >= 4 is 39.3 Å². The van der Waals surface area contributed by atoms with Crippen LogP contribution in [0.25, 0.3) is 0 Å². The molecule has 2 aromatic rings. The van der Waals surface area contributed by atoms with Crippen molar-refractivity contribution in [2.24, 2.45) is 0 Å². The molecule has 0 spiro atoms. The van der Waals surface area contributed by atoms with Crippen LogP contribution in [0.5, 0.6) is 0 Å². The lowest BCUT2D eigenvalue weighted by Gasteiger charge is -2.10. The summed E-state index contributed by atoms with van der Waals surface area (Å²) in [5, 5.41) is 0.566. The van der Waals surface area contributed by atoms with Crippen LogP contribution >= 0.6 is 39.3 Å². The van der Waals surface area contributed by atoms with Gasteiger partial charge in [-0.05, 0) is 37.1 Å². The summed E-state index contributed by atoms with van der Waals surface area (Å²) < 4.78 is 1.09. The van der Waals surface area contributed by atoms with Crippen molar-refractivity contribution in [2.75, 3.05) is 0 Å². The van der Waals surface area contributed by atoms with Crippen molar-refractivity contribution in [3.05, 3.63) is 51.5 Å². The molecule has 1 saturated carbocycles. The lowest BCUT2D eigenvalue weighted by molar-refractivity contribution is 0.688. The van der Waals surface area contributed by atoms with E-state index >= 15 is 0 Å². The molecule has 3 rings (SSSR count). The van der Waals surface area contributed by atoms with Crippen LogP contribution in [0.4, 0.5) is 0 Å². The summed E-state index contributed by atoms with van der Waals surface area (Å²) in [6.07, 6.45) is 5.06. The van der Waals surface area contributed by atoms with E-state index in [1.54, 1.807) is 11.8 Å². The van der Waals surface area contributed by atoms with Crippen LogP contribution in [0.15, 0.2) is 39.7 Å². The van der Waals surface area contributed by atoms with Crippen molar-refractivity contribution < 1.29 is 0 Å². The largest absolute Gasteiger partial charge is 0.237 e. The SMILES string of the molecule is Clc1cc(C2CCCC2)nc(CSc2cccc(Br)c2)n1. The predicted octanol–water partition coefficient (Wildman–Crippen LogP) is 5.84. The van der Waals surface area contributed by atoms with E-state index in [2.05, 4.69) is 33.0 Å². The van der Waals surface area contributed by atoms with Crippen molar-refractivity contribution in [3.8, 4) is 0 Å². The zero-order valence-corrected chi connectivity index (χ0v) is 14.7. The Morgan fingerprint density at radius 3 is 2.76 bits per heavy atom. The van der Waals surface area contributed by atoms with E-state index < -0.39 is 0 Å². The van der Waals surface area contributed by atoms with E-state index in [0.29, 0.717) is 11.1 Å². The van der Waals surface area contributed by atoms with Gasteiger partial charge >= 0.3 is 0 Å². The van der Waals surface area contributed by atoms with E-state index in [1.165, 1.54) is 30.6 Å². The van der Waals surface area contributed by atoms with Gasteiger partial charge in [0.25, 0.3) is 0 Å². The third-order valence-corrected chi connectivity index (χ3v) is 5.38. The summed E-state index contributed by atoms with van der Waals surface area (Å²) in [6.45, 7) is 0. The molecular formula is C16H16BrClN2S. The minimum atomic E-state index is 0.566. The second kappa shape index (κ2) is 7.12. The quantitative estimate of drug-likeness (QED) is 0.490. The fourth-order valence-electron chi connectivity index (χ4n) is 2.68. The molecule has 0 atom stereocenters. The molecule has 1 fully saturated rings. The van der Waals surface area contributed by atoms with E-state index in [9.17, 15) is 0 Å². The molecule has 21 heavy (non-hydrogen) atoms. The lowest BCUT2D eigenvalue weighted by atomic mass is 10.0. The summed E-state index contributed by atoms with van der Waals surface area (Å²) >= 11 is 11.4. The average Bonchev–Trinajstić information content (AvgIpc) is 2.99. The molecule has 0 radical (unpaired) electrons. The second-order valence-corrected chi connectivity index (χ2v) is 7.61. The fraction of sp³-hybridized carbons (Fsp3) is 0.375. The summed E-state index contributed by atoms with van der Waals surface area (Å²) in [5.74, 6) is 2.14. The molecule has 5 heteroatoms. The van der Waals surface area contributed by atoms with Gasteiger partial charge in [0.15, 0.2) is 0 Å². The topological polar surface area (TPSA) is 25.8 Å². The van der Waals surface area contributed by atoms with E-state index in [4.69, 9.17) is 16.6 Å². The zero-order chi connectivity index (χ0) is 14.7.